The summed E-state index contributed by atoms with van der Waals surface area (Å²) in [5.74, 6) is 0.820. The minimum atomic E-state index is 0.770. The number of hydrogen-bond acceptors (Lipinski definition) is 3. The Hall–Kier alpha value is -1.59. The molecule has 0 aliphatic heterocycles. The van der Waals surface area contributed by atoms with Crippen LogP contribution in [0.5, 0.6) is 0 Å². The first-order chi connectivity index (χ1) is 10.7. The first kappa shape index (κ1) is 16.8. The maximum atomic E-state index is 5.88. The van der Waals surface area contributed by atoms with Crippen molar-refractivity contribution in [2.24, 2.45) is 4.99 Å². The van der Waals surface area contributed by atoms with Gasteiger partial charge >= 0.3 is 0 Å². The van der Waals surface area contributed by atoms with E-state index in [9.17, 15) is 0 Å². The minimum Gasteiger partial charge on any atom is -0.356 e. The van der Waals surface area contributed by atoms with E-state index < -0.39 is 0 Å². The molecule has 0 saturated carbocycles. The van der Waals surface area contributed by atoms with Crippen molar-refractivity contribution in [1.29, 1.82) is 0 Å². The third-order valence-corrected chi connectivity index (χ3v) is 4.26. The Morgan fingerprint density at radius 2 is 1.86 bits per heavy atom. The number of nitrogens with zero attached hydrogens (tertiary/aromatic N) is 2. The van der Waals surface area contributed by atoms with Crippen LogP contribution >= 0.6 is 22.9 Å². The van der Waals surface area contributed by atoms with Gasteiger partial charge in [0.15, 0.2) is 5.96 Å². The molecule has 0 spiro atoms. The molecule has 22 heavy (non-hydrogen) atoms. The molecule has 4 nitrogen and oxygen atoms in total. The van der Waals surface area contributed by atoms with Gasteiger partial charge in [-0.25, -0.2) is 4.98 Å². The fourth-order valence-corrected chi connectivity index (χ4v) is 2.80. The first-order valence-electron chi connectivity index (χ1n) is 7.27. The van der Waals surface area contributed by atoms with Crippen molar-refractivity contribution in [3.63, 3.8) is 0 Å². The second kappa shape index (κ2) is 8.76. The van der Waals surface area contributed by atoms with Crippen molar-refractivity contribution in [2.75, 3.05) is 20.1 Å². The minimum absolute atomic E-state index is 0.770. The number of aryl methyl sites for hydroxylation is 1. The average Bonchev–Trinajstić information content (AvgIpc) is 2.93. The zero-order chi connectivity index (χ0) is 15.8. The van der Waals surface area contributed by atoms with Crippen LogP contribution in [-0.4, -0.2) is 31.1 Å². The zero-order valence-electron chi connectivity index (χ0n) is 12.9. The number of benzene rings is 1. The third-order valence-electron chi connectivity index (χ3n) is 3.18. The molecule has 0 saturated heterocycles. The van der Waals surface area contributed by atoms with Crippen LogP contribution in [0.1, 0.15) is 16.3 Å². The van der Waals surface area contributed by atoms with Crippen molar-refractivity contribution >= 4 is 28.9 Å². The molecular weight excluding hydrogens is 316 g/mol. The summed E-state index contributed by atoms with van der Waals surface area (Å²) >= 11 is 7.57. The molecule has 0 amide bonds. The molecular formula is C16H21ClN4S. The lowest BCUT2D eigenvalue weighted by Crippen LogP contribution is -2.39. The van der Waals surface area contributed by atoms with Crippen molar-refractivity contribution < 1.29 is 0 Å². The molecule has 118 valence electrons. The van der Waals surface area contributed by atoms with Gasteiger partial charge in [0.1, 0.15) is 0 Å². The summed E-state index contributed by atoms with van der Waals surface area (Å²) < 4.78 is 0. The Bertz CT molecular complexity index is 607. The second-order valence-electron chi connectivity index (χ2n) is 4.91. The summed E-state index contributed by atoms with van der Waals surface area (Å²) in [5, 5.41) is 10.6. The largest absolute Gasteiger partial charge is 0.356 e. The van der Waals surface area contributed by atoms with Crippen molar-refractivity contribution in [3.05, 3.63) is 50.9 Å². The van der Waals surface area contributed by atoms with Gasteiger partial charge in [-0.2, -0.15) is 0 Å². The number of hydrogen-bond donors (Lipinski definition) is 2. The first-order valence-corrected chi connectivity index (χ1v) is 8.53. The topological polar surface area (TPSA) is 49.3 Å². The normalized spacial score (nSPS) is 11.5. The predicted molar refractivity (Wildman–Crippen MR) is 95.1 cm³/mol. The van der Waals surface area contributed by atoms with Crippen molar-refractivity contribution in [2.45, 2.75) is 19.8 Å². The second-order valence-corrected chi connectivity index (χ2v) is 6.41. The Morgan fingerprint density at radius 3 is 2.45 bits per heavy atom. The maximum absolute atomic E-state index is 5.88. The van der Waals surface area contributed by atoms with E-state index in [2.05, 4.69) is 26.0 Å². The smallest absolute Gasteiger partial charge is 0.190 e. The zero-order valence-corrected chi connectivity index (χ0v) is 14.5. The monoisotopic (exact) mass is 336 g/mol. The van der Waals surface area contributed by atoms with Crippen LogP contribution in [0.3, 0.4) is 0 Å². The van der Waals surface area contributed by atoms with E-state index in [4.69, 9.17) is 11.6 Å². The molecule has 1 heterocycles. The Labute approximate surface area is 140 Å². The van der Waals surface area contributed by atoms with Gasteiger partial charge in [-0.1, -0.05) is 23.7 Å². The third kappa shape index (κ3) is 5.66. The summed E-state index contributed by atoms with van der Waals surface area (Å²) in [6.45, 7) is 3.68. The van der Waals surface area contributed by atoms with Gasteiger partial charge in [0.25, 0.3) is 0 Å². The van der Waals surface area contributed by atoms with E-state index in [-0.39, 0.29) is 0 Å². The molecule has 1 aromatic heterocycles. The van der Waals surface area contributed by atoms with Crippen molar-refractivity contribution in [3.8, 4) is 0 Å². The lowest BCUT2D eigenvalue weighted by atomic mass is 10.1. The molecule has 0 atom stereocenters. The van der Waals surface area contributed by atoms with E-state index in [0.717, 1.165) is 47.6 Å². The van der Waals surface area contributed by atoms with Gasteiger partial charge in [0.05, 0.1) is 10.7 Å². The molecule has 0 unspecified atom stereocenters. The van der Waals surface area contributed by atoms with Gasteiger partial charge < -0.3 is 10.6 Å². The quantitative estimate of drug-likeness (QED) is 0.629. The summed E-state index contributed by atoms with van der Waals surface area (Å²) in [5.41, 5.74) is 2.39. The highest BCUT2D eigenvalue weighted by molar-refractivity contribution is 7.09. The van der Waals surface area contributed by atoms with E-state index in [0.29, 0.717) is 0 Å². The lowest BCUT2D eigenvalue weighted by Gasteiger charge is -2.11. The van der Waals surface area contributed by atoms with E-state index in [1.54, 1.807) is 18.4 Å². The van der Waals surface area contributed by atoms with E-state index >= 15 is 0 Å². The predicted octanol–water partition coefficient (Wildman–Crippen LogP) is 3.06. The molecule has 6 heteroatoms. The van der Waals surface area contributed by atoms with Crippen LogP contribution in [0.25, 0.3) is 0 Å². The van der Waals surface area contributed by atoms with E-state index in [1.165, 1.54) is 5.56 Å². The molecule has 1 aromatic carbocycles. The molecule has 2 aromatic rings. The van der Waals surface area contributed by atoms with Gasteiger partial charge in [0, 0.05) is 37.0 Å². The number of rotatable bonds is 6. The summed E-state index contributed by atoms with van der Waals surface area (Å²) in [7, 11) is 1.78. The van der Waals surface area contributed by atoms with Gasteiger partial charge in [-0.3, -0.25) is 4.99 Å². The Morgan fingerprint density at radius 1 is 1.18 bits per heavy atom. The Balaban J connectivity index is 1.67. The number of thiazole rings is 1. The van der Waals surface area contributed by atoms with Crippen LogP contribution in [0.15, 0.2) is 34.6 Å². The lowest BCUT2D eigenvalue weighted by molar-refractivity contribution is 0.777. The summed E-state index contributed by atoms with van der Waals surface area (Å²) in [6.07, 6.45) is 1.84. The molecule has 0 aliphatic rings. The number of nitrogens with one attached hydrogen (secondary N) is 2. The van der Waals surface area contributed by atoms with Gasteiger partial charge in [0.2, 0.25) is 0 Å². The number of guanidine groups is 1. The number of aliphatic imine (C=N–C) groups is 1. The van der Waals surface area contributed by atoms with Crippen LogP contribution in [0.4, 0.5) is 0 Å². The van der Waals surface area contributed by atoms with Crippen LogP contribution in [0.2, 0.25) is 5.02 Å². The fraction of sp³-hybridized carbons (Fsp3) is 0.375. The summed E-state index contributed by atoms with van der Waals surface area (Å²) in [6, 6.07) is 7.93. The van der Waals surface area contributed by atoms with Gasteiger partial charge in [-0.05, 0) is 31.0 Å². The van der Waals surface area contributed by atoms with Crippen molar-refractivity contribution in [1.82, 2.24) is 15.6 Å². The SMILES string of the molecule is CN=C(NCCc1ccc(Cl)cc1)NCCc1csc(C)n1. The van der Waals surface area contributed by atoms with E-state index in [1.807, 2.05) is 31.2 Å². The molecule has 0 fully saturated rings. The molecule has 0 bridgehead atoms. The molecule has 0 radical (unpaired) electrons. The summed E-state index contributed by atoms with van der Waals surface area (Å²) in [4.78, 5) is 8.67. The van der Waals surface area contributed by atoms with Crippen LogP contribution < -0.4 is 10.6 Å². The molecule has 0 aliphatic carbocycles. The number of halogens is 1. The molecule has 2 rings (SSSR count). The van der Waals surface area contributed by atoms with Crippen LogP contribution in [-0.2, 0) is 12.8 Å². The highest BCUT2D eigenvalue weighted by atomic mass is 35.5. The average molecular weight is 337 g/mol. The molecule has 2 N–H and O–H groups in total. The van der Waals surface area contributed by atoms with Crippen LogP contribution in [0, 0.1) is 6.92 Å². The Kier molecular flexibility index (Phi) is 6.68. The highest BCUT2D eigenvalue weighted by Crippen LogP contribution is 2.09. The fourth-order valence-electron chi connectivity index (χ4n) is 2.03. The van der Waals surface area contributed by atoms with Gasteiger partial charge in [-0.15, -0.1) is 11.3 Å². The standard InChI is InChI=1S/C16H21ClN4S/c1-12-21-15(11-22-12)8-10-20-16(18-2)19-9-7-13-3-5-14(17)6-4-13/h3-6,11H,7-10H2,1-2H3,(H2,18,19,20). The maximum Gasteiger partial charge on any atom is 0.190 e. The highest BCUT2D eigenvalue weighted by Gasteiger charge is 2.01. The number of aromatic nitrogens is 1.